The molecule has 0 spiro atoms. The highest BCUT2D eigenvalue weighted by molar-refractivity contribution is 5.37. The Morgan fingerprint density at radius 1 is 1.13 bits per heavy atom. The zero-order valence-electron chi connectivity index (χ0n) is 9.89. The van der Waals surface area contributed by atoms with Gasteiger partial charge < -0.3 is 0 Å². The summed E-state index contributed by atoms with van der Waals surface area (Å²) in [5, 5.41) is 4.75. The van der Waals surface area contributed by atoms with E-state index in [1.54, 1.807) is 5.57 Å². The van der Waals surface area contributed by atoms with Crippen molar-refractivity contribution >= 4 is 0 Å². The molecule has 0 aromatic rings. The maximum atomic E-state index is 4.75. The van der Waals surface area contributed by atoms with E-state index in [2.05, 4.69) is 13.0 Å². The van der Waals surface area contributed by atoms with Crippen LogP contribution < -0.4 is 5.32 Å². The fourth-order valence-electron chi connectivity index (χ4n) is 2.46. The molecule has 0 atom stereocenters. The summed E-state index contributed by atoms with van der Waals surface area (Å²) in [6.45, 7) is 2.26. The van der Waals surface area contributed by atoms with Gasteiger partial charge in [0.1, 0.15) is 0 Å². The third-order valence-corrected chi connectivity index (χ3v) is 3.39. The average Bonchev–Trinajstić information content (AvgIpc) is 2.67. The maximum absolute atomic E-state index is 4.75. The van der Waals surface area contributed by atoms with E-state index in [1.165, 1.54) is 69.2 Å². The molecule has 1 radical (unpaired) electrons. The number of rotatable bonds is 5. The second-order valence-corrected chi connectivity index (χ2v) is 4.74. The zero-order valence-corrected chi connectivity index (χ0v) is 9.89. The Morgan fingerprint density at radius 3 is 2.80 bits per heavy atom. The molecule has 0 unspecified atom stereocenters. The van der Waals surface area contributed by atoms with E-state index in [0.29, 0.717) is 0 Å². The minimum atomic E-state index is 1.20. The molecule has 0 amide bonds. The van der Waals surface area contributed by atoms with Crippen LogP contribution in [-0.4, -0.2) is 0 Å². The van der Waals surface area contributed by atoms with Gasteiger partial charge in [-0.1, -0.05) is 26.2 Å². The number of allylic oxidation sites excluding steroid dienone is 4. The Kier molecular flexibility index (Phi) is 3.87. The third kappa shape index (κ3) is 2.87. The van der Waals surface area contributed by atoms with Gasteiger partial charge in [0, 0.05) is 11.4 Å². The normalized spacial score (nSPS) is 19.9. The summed E-state index contributed by atoms with van der Waals surface area (Å²) in [6.07, 6.45) is 14.2. The summed E-state index contributed by atoms with van der Waals surface area (Å²) in [6, 6.07) is 0. The van der Waals surface area contributed by atoms with Gasteiger partial charge in [0.25, 0.3) is 0 Å². The lowest BCUT2D eigenvalue weighted by molar-refractivity contribution is 0.633. The monoisotopic (exact) mass is 204 g/mol. The van der Waals surface area contributed by atoms with Crippen LogP contribution in [0.2, 0.25) is 0 Å². The predicted octanol–water partition coefficient (Wildman–Crippen LogP) is 4.29. The summed E-state index contributed by atoms with van der Waals surface area (Å²) >= 11 is 0. The molecule has 0 saturated carbocycles. The lowest BCUT2D eigenvalue weighted by atomic mass is 9.98. The fraction of sp³-hybridized carbons (Fsp3) is 0.714. The van der Waals surface area contributed by atoms with Crippen molar-refractivity contribution in [3.05, 3.63) is 23.0 Å². The second-order valence-electron chi connectivity index (χ2n) is 4.74. The Morgan fingerprint density at radius 2 is 2.00 bits per heavy atom. The number of hydrogen-bond donors (Lipinski definition) is 0. The summed E-state index contributed by atoms with van der Waals surface area (Å²) in [5.41, 5.74) is 4.32. The van der Waals surface area contributed by atoms with E-state index in [4.69, 9.17) is 5.32 Å². The first-order valence-electron chi connectivity index (χ1n) is 6.54. The molecule has 0 bridgehead atoms. The molecule has 1 aliphatic heterocycles. The van der Waals surface area contributed by atoms with E-state index in [0.717, 1.165) is 0 Å². The van der Waals surface area contributed by atoms with Gasteiger partial charge in [-0.05, 0) is 50.2 Å². The SMILES string of the molecule is CCCCCCC1=CC2=C(CCCC2)[N]1. The summed E-state index contributed by atoms with van der Waals surface area (Å²) in [5.74, 6) is 0. The van der Waals surface area contributed by atoms with Crippen molar-refractivity contribution in [3.8, 4) is 0 Å². The molecular weight excluding hydrogens is 182 g/mol. The first-order valence-corrected chi connectivity index (χ1v) is 6.54. The van der Waals surface area contributed by atoms with Crippen molar-refractivity contribution in [3.63, 3.8) is 0 Å². The molecule has 1 heteroatoms. The van der Waals surface area contributed by atoms with Gasteiger partial charge in [-0.25, -0.2) is 0 Å². The van der Waals surface area contributed by atoms with E-state index < -0.39 is 0 Å². The van der Waals surface area contributed by atoms with Crippen LogP contribution in [0.15, 0.2) is 23.0 Å². The number of hydrogen-bond acceptors (Lipinski definition) is 0. The van der Waals surface area contributed by atoms with E-state index in [9.17, 15) is 0 Å². The van der Waals surface area contributed by atoms with E-state index >= 15 is 0 Å². The summed E-state index contributed by atoms with van der Waals surface area (Å²) in [7, 11) is 0. The van der Waals surface area contributed by atoms with Crippen LogP contribution in [0, 0.1) is 0 Å². The maximum Gasteiger partial charge on any atom is 0.0439 e. The molecule has 2 rings (SSSR count). The number of unbranched alkanes of at least 4 members (excludes halogenated alkanes) is 3. The van der Waals surface area contributed by atoms with Gasteiger partial charge in [0.15, 0.2) is 0 Å². The Balaban J connectivity index is 1.73. The van der Waals surface area contributed by atoms with Crippen LogP contribution in [0.4, 0.5) is 0 Å². The lowest BCUT2D eigenvalue weighted by Gasteiger charge is -2.11. The molecule has 1 aliphatic carbocycles. The number of nitrogens with zero attached hydrogens (tertiary/aromatic N) is 1. The minimum Gasteiger partial charge on any atom is -0.258 e. The fourth-order valence-corrected chi connectivity index (χ4v) is 2.46. The van der Waals surface area contributed by atoms with Gasteiger partial charge in [-0.15, -0.1) is 0 Å². The highest BCUT2D eigenvalue weighted by Gasteiger charge is 2.19. The van der Waals surface area contributed by atoms with Crippen molar-refractivity contribution in [2.24, 2.45) is 0 Å². The minimum absolute atomic E-state index is 1.20. The van der Waals surface area contributed by atoms with E-state index in [-0.39, 0.29) is 0 Å². The molecule has 0 aromatic heterocycles. The molecule has 15 heavy (non-hydrogen) atoms. The van der Waals surface area contributed by atoms with Crippen molar-refractivity contribution in [1.82, 2.24) is 5.32 Å². The molecule has 0 saturated heterocycles. The highest BCUT2D eigenvalue weighted by atomic mass is 14.9. The van der Waals surface area contributed by atoms with E-state index in [1.807, 2.05) is 0 Å². The smallest absolute Gasteiger partial charge is 0.0439 e. The molecule has 2 aliphatic rings. The Hall–Kier alpha value is -0.720. The first-order chi connectivity index (χ1) is 7.40. The largest absolute Gasteiger partial charge is 0.258 e. The van der Waals surface area contributed by atoms with Crippen LogP contribution in [-0.2, 0) is 0 Å². The average molecular weight is 204 g/mol. The summed E-state index contributed by atoms with van der Waals surface area (Å²) < 4.78 is 0. The standard InChI is InChI=1S/C14H22N/c1-2-3-4-5-9-13-11-12-8-6-7-10-14(12)15-13/h11H,2-10H2,1H3. The predicted molar refractivity (Wildman–Crippen MR) is 64.5 cm³/mol. The van der Waals surface area contributed by atoms with Crippen LogP contribution in [0.5, 0.6) is 0 Å². The van der Waals surface area contributed by atoms with Crippen molar-refractivity contribution < 1.29 is 0 Å². The molecule has 1 nitrogen and oxygen atoms in total. The second kappa shape index (κ2) is 5.39. The van der Waals surface area contributed by atoms with Crippen LogP contribution in [0.25, 0.3) is 0 Å². The van der Waals surface area contributed by atoms with Gasteiger partial charge in [-0.2, -0.15) is 0 Å². The first kappa shape index (κ1) is 10.8. The molecule has 0 fully saturated rings. The van der Waals surface area contributed by atoms with Crippen LogP contribution in [0.3, 0.4) is 0 Å². The van der Waals surface area contributed by atoms with Gasteiger partial charge in [-0.3, -0.25) is 5.32 Å². The van der Waals surface area contributed by atoms with Crippen LogP contribution >= 0.6 is 0 Å². The molecule has 1 heterocycles. The lowest BCUT2D eigenvalue weighted by Crippen LogP contribution is -2.03. The topological polar surface area (TPSA) is 14.1 Å². The molecule has 0 N–H and O–H groups in total. The highest BCUT2D eigenvalue weighted by Crippen LogP contribution is 2.32. The van der Waals surface area contributed by atoms with Crippen molar-refractivity contribution in [2.75, 3.05) is 0 Å². The Labute approximate surface area is 93.6 Å². The molecule has 0 aromatic carbocycles. The van der Waals surface area contributed by atoms with Crippen molar-refractivity contribution in [2.45, 2.75) is 64.7 Å². The molecular formula is C14H22N. The van der Waals surface area contributed by atoms with Crippen molar-refractivity contribution in [1.29, 1.82) is 0 Å². The third-order valence-electron chi connectivity index (χ3n) is 3.39. The Bertz CT molecular complexity index is 273. The summed E-state index contributed by atoms with van der Waals surface area (Å²) in [4.78, 5) is 0. The van der Waals surface area contributed by atoms with Gasteiger partial charge in [0.05, 0.1) is 0 Å². The van der Waals surface area contributed by atoms with Gasteiger partial charge in [0.2, 0.25) is 0 Å². The zero-order chi connectivity index (χ0) is 10.5. The van der Waals surface area contributed by atoms with Gasteiger partial charge >= 0.3 is 0 Å². The quantitative estimate of drug-likeness (QED) is 0.593. The molecule has 83 valence electrons. The van der Waals surface area contributed by atoms with Crippen LogP contribution in [0.1, 0.15) is 64.7 Å².